The summed E-state index contributed by atoms with van der Waals surface area (Å²) in [5, 5.41) is 0. The van der Waals surface area contributed by atoms with E-state index in [1.807, 2.05) is 37.3 Å². The van der Waals surface area contributed by atoms with Crippen molar-refractivity contribution in [3.8, 4) is 0 Å². The van der Waals surface area contributed by atoms with Crippen molar-refractivity contribution in [2.75, 3.05) is 0 Å². The van der Waals surface area contributed by atoms with E-state index in [-0.39, 0.29) is 12.1 Å². The van der Waals surface area contributed by atoms with Crippen molar-refractivity contribution < 1.29 is 14.1 Å². The highest BCUT2D eigenvalue weighted by molar-refractivity contribution is 5.81. The first-order chi connectivity index (χ1) is 7.11. The third-order valence-corrected chi connectivity index (χ3v) is 2.10. The molecule has 4 heteroatoms. The van der Waals surface area contributed by atoms with Gasteiger partial charge in [-0.2, -0.15) is 0 Å². The van der Waals surface area contributed by atoms with Gasteiger partial charge in [-0.05, 0) is 6.92 Å². The van der Waals surface area contributed by atoms with E-state index in [0.29, 0.717) is 0 Å². The summed E-state index contributed by atoms with van der Waals surface area (Å²) < 4.78 is 9.08. The van der Waals surface area contributed by atoms with Crippen LogP contribution in [0, 0.1) is 0 Å². The summed E-state index contributed by atoms with van der Waals surface area (Å²) in [7, 11) is 1.97. The molecular weight excluding hydrogens is 192 g/mol. The minimum Gasteiger partial charge on any atom is -0.459 e. The van der Waals surface area contributed by atoms with E-state index in [2.05, 4.69) is 11.1 Å². The number of hydrogen-bond donors (Lipinski definition) is 0. The third-order valence-electron chi connectivity index (χ3n) is 2.10. The Morgan fingerprint density at radius 3 is 3.00 bits per heavy atom. The molecule has 4 nitrogen and oxygen atoms in total. The molecule has 1 aromatic rings. The van der Waals surface area contributed by atoms with Gasteiger partial charge in [-0.3, -0.25) is 0 Å². The molecule has 1 aromatic heterocycles. The van der Waals surface area contributed by atoms with Crippen LogP contribution in [-0.2, 0) is 23.1 Å². The number of imidazole rings is 1. The number of carbonyl (C=O) groups is 1. The summed E-state index contributed by atoms with van der Waals surface area (Å²) in [6.45, 7) is 6.07. The number of aromatic nitrogens is 2. The quantitative estimate of drug-likeness (QED) is 0.409. The molecule has 0 aliphatic carbocycles. The zero-order valence-electron chi connectivity index (χ0n) is 9.22. The summed E-state index contributed by atoms with van der Waals surface area (Å²) >= 11 is 0. The van der Waals surface area contributed by atoms with Gasteiger partial charge in [0.15, 0.2) is 0 Å². The molecule has 0 saturated heterocycles. The molecule has 1 rings (SSSR count). The topological polar surface area (TPSA) is 35.1 Å². The number of carbonyl (C=O) groups excluding carboxylic acids is 1. The monoisotopic (exact) mass is 209 g/mol. The lowest BCUT2D eigenvalue weighted by Gasteiger charge is -2.09. The summed E-state index contributed by atoms with van der Waals surface area (Å²) in [5.41, 5.74) is 0. The van der Waals surface area contributed by atoms with Crippen molar-refractivity contribution in [2.24, 2.45) is 7.05 Å². The molecular formula is C11H17N2O2+. The Labute approximate surface area is 89.8 Å². The van der Waals surface area contributed by atoms with Gasteiger partial charge in [-0.15, -0.1) is 0 Å². The molecule has 0 aromatic carbocycles. The van der Waals surface area contributed by atoms with E-state index in [4.69, 9.17) is 4.74 Å². The minimum absolute atomic E-state index is 0.0804. The van der Waals surface area contributed by atoms with Crippen LogP contribution in [0.1, 0.15) is 13.3 Å². The number of nitrogens with zero attached hydrogens (tertiary/aromatic N) is 2. The number of aryl methyl sites for hydroxylation is 2. The van der Waals surface area contributed by atoms with Gasteiger partial charge in [0.05, 0.1) is 13.6 Å². The maximum absolute atomic E-state index is 10.9. The molecule has 0 amide bonds. The second-order valence-electron chi connectivity index (χ2n) is 3.56. The molecule has 1 heterocycles. The smallest absolute Gasteiger partial charge is 0.330 e. The highest BCUT2D eigenvalue weighted by Gasteiger charge is 2.08. The Kier molecular flexibility index (Phi) is 4.09. The second kappa shape index (κ2) is 5.34. The van der Waals surface area contributed by atoms with Crippen molar-refractivity contribution in [3.63, 3.8) is 0 Å². The van der Waals surface area contributed by atoms with Gasteiger partial charge in [0, 0.05) is 12.5 Å². The van der Waals surface area contributed by atoms with Crippen molar-refractivity contribution in [1.29, 1.82) is 0 Å². The number of rotatable bonds is 5. The molecule has 15 heavy (non-hydrogen) atoms. The zero-order chi connectivity index (χ0) is 11.3. The number of esters is 1. The molecule has 0 saturated carbocycles. The van der Waals surface area contributed by atoms with Gasteiger partial charge in [0.2, 0.25) is 6.33 Å². The average molecular weight is 209 g/mol. The zero-order valence-corrected chi connectivity index (χ0v) is 9.22. The van der Waals surface area contributed by atoms with Crippen LogP contribution in [0.5, 0.6) is 0 Å². The fraction of sp³-hybridized carbons (Fsp3) is 0.455. The highest BCUT2D eigenvalue weighted by Crippen LogP contribution is 2.00. The fourth-order valence-electron chi connectivity index (χ4n) is 1.27. The first-order valence-corrected chi connectivity index (χ1v) is 4.96. The maximum atomic E-state index is 10.9. The van der Waals surface area contributed by atoms with Gasteiger partial charge in [0.1, 0.15) is 18.5 Å². The van der Waals surface area contributed by atoms with Crippen LogP contribution in [0.2, 0.25) is 0 Å². The second-order valence-corrected chi connectivity index (χ2v) is 3.56. The molecule has 1 atom stereocenters. The molecule has 0 radical (unpaired) electrons. The van der Waals surface area contributed by atoms with Gasteiger partial charge in [-0.25, -0.2) is 13.9 Å². The first kappa shape index (κ1) is 11.5. The molecule has 1 unspecified atom stereocenters. The van der Waals surface area contributed by atoms with Crippen molar-refractivity contribution >= 4 is 5.97 Å². The lowest BCUT2D eigenvalue weighted by atomic mass is 10.3. The molecule has 0 N–H and O–H groups in total. The van der Waals surface area contributed by atoms with Gasteiger partial charge in [-0.1, -0.05) is 6.58 Å². The predicted molar refractivity (Wildman–Crippen MR) is 56.0 cm³/mol. The van der Waals surface area contributed by atoms with Gasteiger partial charge >= 0.3 is 5.97 Å². The lowest BCUT2D eigenvalue weighted by Crippen LogP contribution is -2.24. The Morgan fingerprint density at radius 1 is 1.73 bits per heavy atom. The molecule has 0 bridgehead atoms. The van der Waals surface area contributed by atoms with Crippen LogP contribution in [-0.4, -0.2) is 16.6 Å². The van der Waals surface area contributed by atoms with Crippen LogP contribution < -0.4 is 4.57 Å². The van der Waals surface area contributed by atoms with Gasteiger partial charge < -0.3 is 4.74 Å². The third kappa shape index (κ3) is 3.97. The van der Waals surface area contributed by atoms with Crippen molar-refractivity contribution in [1.82, 2.24) is 4.57 Å². The Bertz CT molecular complexity index is 344. The Hall–Kier alpha value is -1.58. The summed E-state index contributed by atoms with van der Waals surface area (Å²) in [6, 6.07) is 0. The van der Waals surface area contributed by atoms with E-state index in [0.717, 1.165) is 13.0 Å². The van der Waals surface area contributed by atoms with Crippen LogP contribution in [0.15, 0.2) is 31.4 Å². The summed E-state index contributed by atoms with van der Waals surface area (Å²) in [5.74, 6) is -0.361. The van der Waals surface area contributed by atoms with Crippen LogP contribution in [0.4, 0.5) is 0 Å². The molecule has 0 spiro atoms. The maximum Gasteiger partial charge on any atom is 0.330 e. The van der Waals surface area contributed by atoms with E-state index >= 15 is 0 Å². The minimum atomic E-state index is -0.361. The number of ether oxygens (including phenoxy) is 1. The fourth-order valence-corrected chi connectivity index (χ4v) is 1.27. The van der Waals surface area contributed by atoms with E-state index < -0.39 is 0 Å². The van der Waals surface area contributed by atoms with Gasteiger partial charge in [0.25, 0.3) is 0 Å². The molecule has 0 aliphatic rings. The van der Waals surface area contributed by atoms with Crippen molar-refractivity contribution in [3.05, 3.63) is 31.4 Å². The van der Waals surface area contributed by atoms with Crippen LogP contribution in [0.3, 0.4) is 0 Å². The van der Waals surface area contributed by atoms with Crippen LogP contribution >= 0.6 is 0 Å². The molecule has 82 valence electrons. The summed E-state index contributed by atoms with van der Waals surface area (Å²) in [4.78, 5) is 10.9. The lowest BCUT2D eigenvalue weighted by molar-refractivity contribution is -0.671. The predicted octanol–water partition coefficient (Wildman–Crippen LogP) is 0.820. The van der Waals surface area contributed by atoms with Crippen molar-refractivity contribution in [2.45, 2.75) is 26.0 Å². The summed E-state index contributed by atoms with van der Waals surface area (Å²) in [6.07, 6.45) is 7.86. The SMILES string of the molecule is C=CC(=O)OC(C)CCn1cc[n+](C)c1. The number of hydrogen-bond acceptors (Lipinski definition) is 2. The van der Waals surface area contributed by atoms with E-state index in [9.17, 15) is 4.79 Å². The molecule has 0 fully saturated rings. The largest absolute Gasteiger partial charge is 0.459 e. The average Bonchev–Trinajstić information content (AvgIpc) is 2.61. The normalized spacial score (nSPS) is 12.1. The molecule has 0 aliphatic heterocycles. The Morgan fingerprint density at radius 2 is 2.47 bits per heavy atom. The Balaban J connectivity index is 2.30. The highest BCUT2D eigenvalue weighted by atomic mass is 16.5. The van der Waals surface area contributed by atoms with E-state index in [1.54, 1.807) is 0 Å². The van der Waals surface area contributed by atoms with E-state index in [1.165, 1.54) is 6.08 Å². The van der Waals surface area contributed by atoms with Crippen LogP contribution in [0.25, 0.3) is 0 Å². The first-order valence-electron chi connectivity index (χ1n) is 4.96. The standard InChI is InChI=1S/C11H17N2O2/c1-4-11(14)15-10(2)5-6-13-8-7-12(3)9-13/h4,7-10H,1,5-6H2,2-3H3/q+1.